The van der Waals surface area contributed by atoms with Crippen molar-refractivity contribution in [1.82, 2.24) is 10.6 Å². The molecule has 2 atom stereocenters. The molecule has 0 aromatic heterocycles. The number of amides is 2. The Morgan fingerprint density at radius 3 is 2.36 bits per heavy atom. The molecule has 0 aromatic rings. The van der Waals surface area contributed by atoms with Crippen LogP contribution in [0.3, 0.4) is 0 Å². The summed E-state index contributed by atoms with van der Waals surface area (Å²) >= 11 is 0. The quantitative estimate of drug-likeness (QED) is 0.139. The number of hydrogen-bond acceptors (Lipinski definition) is 7. The topological polar surface area (TPSA) is 146 Å². The average Bonchev–Trinajstić information content (AvgIpc) is 2.67. The van der Waals surface area contributed by atoms with Crippen molar-refractivity contribution in [2.45, 2.75) is 51.1 Å². The van der Waals surface area contributed by atoms with E-state index in [1.54, 1.807) is 0 Å². The molecule has 6 N–H and O–H groups in total. The van der Waals surface area contributed by atoms with E-state index in [1.165, 1.54) is 0 Å². The molecule has 0 spiro atoms. The molecule has 0 radical (unpaired) electrons. The van der Waals surface area contributed by atoms with Crippen molar-refractivity contribution in [2.75, 3.05) is 39.5 Å². The standard InChI is InChI=1S/C19H36N4O5/c1-15(2)17(21)6-7-18(25)23-9-10-27-11-12-28-14-19(26)22-8-4-3-5-16(20)13-24/h13,16-17H,1,3-12,14,20-21H2,2H3,(H,22,26)(H,23,25)/t16?,17-/m0/s1. The normalized spacial score (nSPS) is 12.8. The zero-order valence-electron chi connectivity index (χ0n) is 16.9. The van der Waals surface area contributed by atoms with E-state index in [0.29, 0.717) is 52.2 Å². The lowest BCUT2D eigenvalue weighted by molar-refractivity contribution is -0.126. The third-order valence-electron chi connectivity index (χ3n) is 3.95. The van der Waals surface area contributed by atoms with Gasteiger partial charge in [-0.15, -0.1) is 0 Å². The maximum absolute atomic E-state index is 11.6. The van der Waals surface area contributed by atoms with E-state index in [9.17, 15) is 14.4 Å². The molecule has 0 bridgehead atoms. The Balaban J connectivity index is 3.40. The van der Waals surface area contributed by atoms with Crippen molar-refractivity contribution in [3.05, 3.63) is 12.2 Å². The lowest BCUT2D eigenvalue weighted by atomic mass is 10.1. The number of nitrogens with one attached hydrogen (secondary N) is 2. The van der Waals surface area contributed by atoms with Gasteiger partial charge in [0.2, 0.25) is 11.8 Å². The molecule has 9 heteroatoms. The van der Waals surface area contributed by atoms with Gasteiger partial charge in [-0.1, -0.05) is 12.2 Å². The van der Waals surface area contributed by atoms with E-state index in [0.717, 1.165) is 24.7 Å². The fraction of sp³-hybridized carbons (Fsp3) is 0.737. The van der Waals surface area contributed by atoms with Gasteiger partial charge in [0.1, 0.15) is 12.9 Å². The minimum Gasteiger partial charge on any atom is -0.377 e. The van der Waals surface area contributed by atoms with Crippen LogP contribution >= 0.6 is 0 Å². The highest BCUT2D eigenvalue weighted by atomic mass is 16.5. The molecule has 0 aromatic carbocycles. The van der Waals surface area contributed by atoms with Gasteiger partial charge in [0.25, 0.3) is 0 Å². The first-order valence-electron chi connectivity index (χ1n) is 9.67. The van der Waals surface area contributed by atoms with Gasteiger partial charge in [0.15, 0.2) is 0 Å². The number of carbonyl (C=O) groups is 3. The summed E-state index contributed by atoms with van der Waals surface area (Å²) in [6.45, 7) is 7.52. The summed E-state index contributed by atoms with van der Waals surface area (Å²) in [7, 11) is 0. The molecule has 1 unspecified atom stereocenters. The minimum absolute atomic E-state index is 0.0308. The van der Waals surface area contributed by atoms with Gasteiger partial charge >= 0.3 is 0 Å². The molecule has 9 nitrogen and oxygen atoms in total. The van der Waals surface area contributed by atoms with Crippen LogP contribution in [0.15, 0.2) is 12.2 Å². The first kappa shape index (κ1) is 26.2. The lowest BCUT2D eigenvalue weighted by Crippen LogP contribution is -2.30. The van der Waals surface area contributed by atoms with E-state index in [-0.39, 0.29) is 24.5 Å². The first-order chi connectivity index (χ1) is 13.4. The summed E-state index contributed by atoms with van der Waals surface area (Å²) in [5.74, 6) is -0.263. The number of aldehydes is 1. The van der Waals surface area contributed by atoms with Crippen molar-refractivity contribution in [3.8, 4) is 0 Å². The largest absolute Gasteiger partial charge is 0.377 e. The zero-order chi connectivity index (χ0) is 21.2. The third-order valence-corrected chi connectivity index (χ3v) is 3.95. The first-order valence-corrected chi connectivity index (χ1v) is 9.67. The second-order valence-corrected chi connectivity index (χ2v) is 6.65. The summed E-state index contributed by atoms with van der Waals surface area (Å²) < 4.78 is 10.5. The van der Waals surface area contributed by atoms with Crippen LogP contribution in [0.2, 0.25) is 0 Å². The highest BCUT2D eigenvalue weighted by Crippen LogP contribution is 2.02. The van der Waals surface area contributed by atoms with E-state index >= 15 is 0 Å². The second kappa shape index (κ2) is 17.3. The molecule has 0 heterocycles. The van der Waals surface area contributed by atoms with Crippen LogP contribution in [0.4, 0.5) is 0 Å². The Kier molecular flexibility index (Phi) is 16.2. The maximum Gasteiger partial charge on any atom is 0.245 e. The van der Waals surface area contributed by atoms with Gasteiger partial charge < -0.3 is 36.4 Å². The van der Waals surface area contributed by atoms with Crippen LogP contribution < -0.4 is 22.1 Å². The molecule has 28 heavy (non-hydrogen) atoms. The van der Waals surface area contributed by atoms with Gasteiger partial charge in [0, 0.05) is 25.6 Å². The van der Waals surface area contributed by atoms with E-state index in [4.69, 9.17) is 20.9 Å². The molecule has 0 saturated carbocycles. The molecule has 0 aliphatic carbocycles. The van der Waals surface area contributed by atoms with Gasteiger partial charge in [-0.2, -0.15) is 0 Å². The zero-order valence-corrected chi connectivity index (χ0v) is 16.9. The van der Waals surface area contributed by atoms with Crippen molar-refractivity contribution in [3.63, 3.8) is 0 Å². The molecule has 0 aliphatic heterocycles. The van der Waals surface area contributed by atoms with Crippen molar-refractivity contribution in [2.24, 2.45) is 11.5 Å². The summed E-state index contributed by atoms with van der Waals surface area (Å²) in [6, 6.07) is -0.579. The molecule has 0 rings (SSSR count). The molecule has 0 aliphatic rings. The number of carbonyl (C=O) groups excluding carboxylic acids is 3. The highest BCUT2D eigenvalue weighted by molar-refractivity contribution is 5.77. The fourth-order valence-electron chi connectivity index (χ4n) is 2.12. The molecule has 162 valence electrons. The van der Waals surface area contributed by atoms with E-state index in [1.807, 2.05) is 6.92 Å². The second-order valence-electron chi connectivity index (χ2n) is 6.65. The smallest absolute Gasteiger partial charge is 0.245 e. The van der Waals surface area contributed by atoms with Crippen LogP contribution in [0.5, 0.6) is 0 Å². The van der Waals surface area contributed by atoms with E-state index in [2.05, 4.69) is 17.2 Å². The number of unbranched alkanes of at least 4 members (excludes halogenated alkanes) is 1. The van der Waals surface area contributed by atoms with Crippen LogP contribution in [0, 0.1) is 0 Å². The van der Waals surface area contributed by atoms with Gasteiger partial charge in [0.05, 0.1) is 25.9 Å². The fourth-order valence-corrected chi connectivity index (χ4v) is 2.12. The van der Waals surface area contributed by atoms with Crippen LogP contribution in [0.25, 0.3) is 0 Å². The minimum atomic E-state index is -0.424. The Morgan fingerprint density at radius 1 is 1.00 bits per heavy atom. The van der Waals surface area contributed by atoms with Crippen LogP contribution in [-0.4, -0.2) is 69.7 Å². The highest BCUT2D eigenvalue weighted by Gasteiger charge is 2.07. The maximum atomic E-state index is 11.6. The summed E-state index contributed by atoms with van der Waals surface area (Å²) in [5.41, 5.74) is 12.1. The predicted octanol–water partition coefficient (Wildman–Crippen LogP) is -0.368. The molecule has 0 fully saturated rings. The Bertz CT molecular complexity index is 473. The van der Waals surface area contributed by atoms with Gasteiger partial charge in [-0.05, 0) is 32.6 Å². The summed E-state index contributed by atoms with van der Waals surface area (Å²) in [4.78, 5) is 33.5. The van der Waals surface area contributed by atoms with Crippen molar-refractivity contribution < 1.29 is 23.9 Å². The van der Waals surface area contributed by atoms with Gasteiger partial charge in [-0.25, -0.2) is 0 Å². The molecular formula is C19H36N4O5. The lowest BCUT2D eigenvalue weighted by Gasteiger charge is -2.11. The average molecular weight is 401 g/mol. The Hall–Kier alpha value is -1.81. The molecular weight excluding hydrogens is 364 g/mol. The van der Waals surface area contributed by atoms with E-state index < -0.39 is 6.04 Å². The monoisotopic (exact) mass is 400 g/mol. The number of nitrogens with two attached hydrogens (primary N) is 2. The molecule has 0 saturated heterocycles. The van der Waals surface area contributed by atoms with Crippen LogP contribution in [-0.2, 0) is 23.9 Å². The van der Waals surface area contributed by atoms with Crippen LogP contribution in [0.1, 0.15) is 39.0 Å². The van der Waals surface area contributed by atoms with Crippen molar-refractivity contribution >= 4 is 18.1 Å². The number of ether oxygens (including phenoxy) is 2. The SMILES string of the molecule is C=C(C)[C@@H](N)CCC(=O)NCCOCCOCC(=O)NCCCCC(N)C=O. The Morgan fingerprint density at radius 2 is 1.68 bits per heavy atom. The molecule has 2 amide bonds. The summed E-state index contributed by atoms with van der Waals surface area (Å²) in [5, 5.41) is 5.48. The summed E-state index contributed by atoms with van der Waals surface area (Å²) in [6.07, 6.45) is 3.83. The Labute approximate surface area is 167 Å². The number of rotatable bonds is 18. The number of hydrogen-bond donors (Lipinski definition) is 4. The third kappa shape index (κ3) is 16.4. The van der Waals surface area contributed by atoms with Crippen molar-refractivity contribution in [1.29, 1.82) is 0 Å². The van der Waals surface area contributed by atoms with Gasteiger partial charge in [-0.3, -0.25) is 9.59 Å². The predicted molar refractivity (Wildman–Crippen MR) is 108 cm³/mol.